The Morgan fingerprint density at radius 2 is 0.776 bits per heavy atom. The SMILES string of the molecule is N#Cc1ccc(-c2ccc(-c3ccc(C45CC6CC(C4)CC(c4ccc(-c7ccc8c(c7)oc7cc(-c9nc(-c%10ccccc%10)nc(-c%10ccccc%10)n9)ccc78)cc4)(C6)C5)cc3)cc2)cc1. The van der Waals surface area contributed by atoms with Crippen molar-refractivity contribution in [3.8, 4) is 73.6 Å². The van der Waals surface area contributed by atoms with Gasteiger partial charge in [-0.2, -0.15) is 5.26 Å². The summed E-state index contributed by atoms with van der Waals surface area (Å²) in [7, 11) is 0. The van der Waals surface area contributed by atoms with Crippen molar-refractivity contribution in [1.82, 2.24) is 15.0 Å². The highest BCUT2D eigenvalue weighted by atomic mass is 16.3. The van der Waals surface area contributed by atoms with Crippen LogP contribution in [0.3, 0.4) is 0 Å². The van der Waals surface area contributed by atoms with Gasteiger partial charge in [0.05, 0.1) is 11.6 Å². The second-order valence-electron chi connectivity index (χ2n) is 19.5. The van der Waals surface area contributed by atoms with Gasteiger partial charge in [-0.15, -0.1) is 0 Å². The lowest BCUT2D eigenvalue weighted by Gasteiger charge is -2.63. The fourth-order valence-corrected chi connectivity index (χ4v) is 12.6. The van der Waals surface area contributed by atoms with Crippen LogP contribution < -0.4 is 0 Å². The van der Waals surface area contributed by atoms with E-state index in [2.05, 4.69) is 115 Å². The molecule has 8 aromatic carbocycles. The molecule has 4 bridgehead atoms. The van der Waals surface area contributed by atoms with Crippen molar-refractivity contribution < 1.29 is 4.42 Å². The third kappa shape index (κ3) is 6.95. The van der Waals surface area contributed by atoms with Crippen LogP contribution in [0, 0.1) is 23.2 Å². The summed E-state index contributed by atoms with van der Waals surface area (Å²) in [6.45, 7) is 0. The molecule has 10 aromatic rings. The van der Waals surface area contributed by atoms with E-state index >= 15 is 0 Å². The Balaban J connectivity index is 0.760. The van der Waals surface area contributed by atoms with E-state index in [1.165, 1.54) is 66.3 Å². The summed E-state index contributed by atoms with van der Waals surface area (Å²) in [4.78, 5) is 14.8. The first-order chi connectivity index (χ1) is 33.0. The molecule has 0 amide bonds. The van der Waals surface area contributed by atoms with Crippen molar-refractivity contribution >= 4 is 21.9 Å². The molecule has 2 heterocycles. The average Bonchev–Trinajstić information content (AvgIpc) is 3.76. The van der Waals surface area contributed by atoms with E-state index in [0.29, 0.717) is 23.0 Å². The minimum Gasteiger partial charge on any atom is -0.456 e. The molecule has 14 rings (SSSR count). The number of aromatic nitrogens is 3. The first-order valence-electron chi connectivity index (χ1n) is 23.6. The molecule has 4 saturated carbocycles. The van der Waals surface area contributed by atoms with Crippen molar-refractivity contribution in [3.05, 3.63) is 211 Å². The predicted octanol–water partition coefficient (Wildman–Crippen LogP) is 15.4. The molecule has 0 spiro atoms. The summed E-state index contributed by atoms with van der Waals surface area (Å²) in [6.07, 6.45) is 7.81. The van der Waals surface area contributed by atoms with Crippen LogP contribution in [0.25, 0.3) is 89.5 Å². The maximum Gasteiger partial charge on any atom is 0.164 e. The molecule has 5 nitrogen and oxygen atoms in total. The first-order valence-corrected chi connectivity index (χ1v) is 23.6. The molecular weight excluding hydrogens is 817 g/mol. The molecule has 0 N–H and O–H groups in total. The highest BCUT2D eigenvalue weighted by Crippen LogP contribution is 2.66. The van der Waals surface area contributed by atoms with Gasteiger partial charge in [0.25, 0.3) is 0 Å². The van der Waals surface area contributed by atoms with Gasteiger partial charge >= 0.3 is 0 Å². The molecule has 67 heavy (non-hydrogen) atoms. The Hall–Kier alpha value is -7.94. The molecular formula is C62H46N4O. The normalized spacial score (nSPS) is 20.6. The maximum absolute atomic E-state index is 9.19. The van der Waals surface area contributed by atoms with Gasteiger partial charge in [-0.25, -0.2) is 15.0 Å². The second kappa shape index (κ2) is 15.6. The zero-order valence-corrected chi connectivity index (χ0v) is 37.1. The van der Waals surface area contributed by atoms with Crippen LogP contribution in [0.5, 0.6) is 0 Å². The van der Waals surface area contributed by atoms with E-state index < -0.39 is 0 Å². The van der Waals surface area contributed by atoms with Gasteiger partial charge in [0, 0.05) is 27.5 Å². The standard InChI is InChI=1S/C62H46N4O/c63-38-40-11-13-43(14-12-40)44-15-17-45(18-16-44)46-19-25-52(26-20-46)61-34-41-31-42(35-61)37-62(36-41,39-61)53-27-21-47(22-28-53)50-23-29-54-55-30-24-51(33-57(55)67-56(54)32-50)60-65-58(48-7-3-1-4-8-48)64-59(66-60)49-9-5-2-6-10-49/h1-30,32-33,41-42H,31,34-37,39H2. The van der Waals surface area contributed by atoms with E-state index in [0.717, 1.165) is 67.2 Å². The van der Waals surface area contributed by atoms with E-state index in [-0.39, 0.29) is 10.8 Å². The Morgan fingerprint density at radius 1 is 0.403 bits per heavy atom. The van der Waals surface area contributed by atoms with Gasteiger partial charge in [-0.1, -0.05) is 158 Å². The van der Waals surface area contributed by atoms with Crippen molar-refractivity contribution in [1.29, 1.82) is 5.26 Å². The lowest BCUT2D eigenvalue weighted by atomic mass is 9.41. The number of furan rings is 1. The molecule has 4 aliphatic carbocycles. The van der Waals surface area contributed by atoms with Crippen molar-refractivity contribution in [2.75, 3.05) is 0 Å². The zero-order chi connectivity index (χ0) is 44.5. The van der Waals surface area contributed by atoms with Crippen LogP contribution in [0.4, 0.5) is 0 Å². The van der Waals surface area contributed by atoms with E-state index in [9.17, 15) is 5.26 Å². The van der Waals surface area contributed by atoms with Crippen LogP contribution in [0.1, 0.15) is 55.2 Å². The molecule has 5 heteroatoms. The fourth-order valence-electron chi connectivity index (χ4n) is 12.6. The van der Waals surface area contributed by atoms with Crippen LogP contribution in [-0.2, 0) is 10.8 Å². The molecule has 2 atom stereocenters. The lowest BCUT2D eigenvalue weighted by molar-refractivity contribution is -0.0281. The van der Waals surface area contributed by atoms with E-state index in [1.807, 2.05) is 84.9 Å². The summed E-state index contributed by atoms with van der Waals surface area (Å²) < 4.78 is 6.63. The van der Waals surface area contributed by atoms with Gasteiger partial charge in [0.2, 0.25) is 0 Å². The summed E-state index contributed by atoms with van der Waals surface area (Å²) in [5.74, 6) is 3.43. The predicted molar refractivity (Wildman–Crippen MR) is 269 cm³/mol. The van der Waals surface area contributed by atoms with Crippen LogP contribution >= 0.6 is 0 Å². The molecule has 4 fully saturated rings. The smallest absolute Gasteiger partial charge is 0.164 e. The van der Waals surface area contributed by atoms with Crippen LogP contribution in [0.2, 0.25) is 0 Å². The Bertz CT molecular complexity index is 3440. The Labute approximate surface area is 390 Å². The topological polar surface area (TPSA) is 75.6 Å². The maximum atomic E-state index is 9.19. The van der Waals surface area contributed by atoms with Crippen molar-refractivity contribution in [2.45, 2.75) is 49.4 Å². The highest BCUT2D eigenvalue weighted by Gasteiger charge is 2.58. The molecule has 320 valence electrons. The first kappa shape index (κ1) is 39.4. The van der Waals surface area contributed by atoms with Crippen molar-refractivity contribution in [3.63, 3.8) is 0 Å². The lowest BCUT2D eigenvalue weighted by Crippen LogP contribution is -2.55. The van der Waals surface area contributed by atoms with Crippen LogP contribution in [-0.4, -0.2) is 15.0 Å². The second-order valence-corrected chi connectivity index (χ2v) is 19.5. The number of rotatable bonds is 8. The van der Waals surface area contributed by atoms with Crippen molar-refractivity contribution in [2.24, 2.45) is 11.8 Å². The number of nitriles is 1. The van der Waals surface area contributed by atoms with Gasteiger partial charge in [0.1, 0.15) is 11.2 Å². The molecule has 2 unspecified atom stereocenters. The van der Waals surface area contributed by atoms with Crippen LogP contribution in [0.15, 0.2) is 199 Å². The zero-order valence-electron chi connectivity index (χ0n) is 37.1. The van der Waals surface area contributed by atoms with Gasteiger partial charge in [0.15, 0.2) is 17.5 Å². The average molecular weight is 863 g/mol. The number of hydrogen-bond donors (Lipinski definition) is 0. The number of benzene rings is 8. The fraction of sp³-hybridized carbons (Fsp3) is 0.161. The summed E-state index contributed by atoms with van der Waals surface area (Å²) in [6, 6.07) is 71.1. The Morgan fingerprint density at radius 3 is 1.24 bits per heavy atom. The molecule has 0 aliphatic heterocycles. The largest absolute Gasteiger partial charge is 0.456 e. The van der Waals surface area contributed by atoms with Gasteiger partial charge in [-0.3, -0.25) is 0 Å². The summed E-state index contributed by atoms with van der Waals surface area (Å²) >= 11 is 0. The minimum atomic E-state index is 0.213. The molecule has 2 aromatic heterocycles. The summed E-state index contributed by atoms with van der Waals surface area (Å²) in [5.41, 5.74) is 15.7. The Kier molecular flexibility index (Phi) is 9.18. The van der Waals surface area contributed by atoms with E-state index in [1.54, 1.807) is 0 Å². The third-order valence-electron chi connectivity index (χ3n) is 15.4. The van der Waals surface area contributed by atoms with Gasteiger partial charge in [-0.05, 0) is 142 Å². The molecule has 0 radical (unpaired) electrons. The summed E-state index contributed by atoms with van der Waals surface area (Å²) in [5, 5.41) is 11.4. The number of fused-ring (bicyclic) bond motifs is 3. The van der Waals surface area contributed by atoms with E-state index in [4.69, 9.17) is 19.4 Å². The number of nitrogens with zero attached hydrogens (tertiary/aromatic N) is 4. The third-order valence-corrected chi connectivity index (χ3v) is 15.4. The highest BCUT2D eigenvalue weighted by molar-refractivity contribution is 6.06. The monoisotopic (exact) mass is 862 g/mol. The quantitative estimate of drug-likeness (QED) is 0.152. The minimum absolute atomic E-state index is 0.213. The van der Waals surface area contributed by atoms with Gasteiger partial charge < -0.3 is 4.42 Å². The molecule has 0 saturated heterocycles. The number of hydrogen-bond acceptors (Lipinski definition) is 5. The molecule has 4 aliphatic rings.